The summed E-state index contributed by atoms with van der Waals surface area (Å²) in [7, 11) is 0. The van der Waals surface area contributed by atoms with Crippen LogP contribution in [0.5, 0.6) is 0 Å². The van der Waals surface area contributed by atoms with Crippen LogP contribution in [0.3, 0.4) is 0 Å². The van der Waals surface area contributed by atoms with Gasteiger partial charge in [0.2, 0.25) is 5.13 Å². The molecule has 0 aromatic carbocycles. The van der Waals surface area contributed by atoms with Gasteiger partial charge in [0.1, 0.15) is 6.54 Å². The van der Waals surface area contributed by atoms with Crippen LogP contribution < -0.4 is 5.32 Å². The normalized spacial score (nSPS) is 16.5. The van der Waals surface area contributed by atoms with Crippen LogP contribution in [0, 0.1) is 0 Å². The molecule has 1 aliphatic carbocycles. The molecule has 1 fully saturated rings. The molecule has 2 heterocycles. The summed E-state index contributed by atoms with van der Waals surface area (Å²) in [6, 6.07) is 1.23. The zero-order valence-corrected chi connectivity index (χ0v) is 12.3. The van der Waals surface area contributed by atoms with Crippen molar-refractivity contribution in [2.75, 3.05) is 5.32 Å². The molecule has 2 aromatic rings. The minimum atomic E-state index is -4.38. The summed E-state index contributed by atoms with van der Waals surface area (Å²) >= 11 is 1.05. The largest absolute Gasteiger partial charge is 0.408 e. The van der Waals surface area contributed by atoms with Gasteiger partial charge in [0.25, 0.3) is 5.91 Å². The van der Waals surface area contributed by atoms with Crippen LogP contribution in [-0.4, -0.2) is 31.2 Å². The number of alkyl halides is 3. The maximum atomic E-state index is 12.2. The van der Waals surface area contributed by atoms with Gasteiger partial charge in [-0.05, 0) is 18.9 Å². The Kier molecular flexibility index (Phi) is 3.42. The van der Waals surface area contributed by atoms with Gasteiger partial charge < -0.3 is 0 Å². The molecule has 22 heavy (non-hydrogen) atoms. The third-order valence-corrected chi connectivity index (χ3v) is 4.03. The summed E-state index contributed by atoms with van der Waals surface area (Å²) in [6.07, 6.45) is -1.25. The standard InChI is InChI=1S/C12H12F3N5OS/c1-11(3-4-11)9-17-10(22-19-9)16-8(21)7-2-5-20(18-7)6-12(13,14)15/h2,5H,3-4,6H2,1H3,(H,16,17,19,21). The SMILES string of the molecule is CC1(c2nsc(NC(=O)c3ccn(CC(F)(F)F)n3)n2)CC1. The molecule has 1 N–H and O–H groups in total. The lowest BCUT2D eigenvalue weighted by atomic mass is 10.1. The number of halogens is 3. The molecular formula is C12H12F3N5OS. The lowest BCUT2D eigenvalue weighted by Crippen LogP contribution is -2.19. The number of nitrogens with zero attached hydrogens (tertiary/aromatic N) is 4. The van der Waals surface area contributed by atoms with Gasteiger partial charge in [0.05, 0.1) is 0 Å². The summed E-state index contributed by atoms with van der Waals surface area (Å²) < 4.78 is 41.6. The first-order valence-corrected chi connectivity index (χ1v) is 7.28. The summed E-state index contributed by atoms with van der Waals surface area (Å²) in [4.78, 5) is 16.2. The average Bonchev–Trinajstić information content (AvgIpc) is 2.85. The highest BCUT2D eigenvalue weighted by Gasteiger charge is 2.43. The smallest absolute Gasteiger partial charge is 0.295 e. The van der Waals surface area contributed by atoms with Gasteiger partial charge in [-0.25, -0.2) is 4.98 Å². The van der Waals surface area contributed by atoms with Gasteiger partial charge in [-0.1, -0.05) is 6.92 Å². The topological polar surface area (TPSA) is 72.7 Å². The quantitative estimate of drug-likeness (QED) is 0.935. The van der Waals surface area contributed by atoms with Crippen LogP contribution in [-0.2, 0) is 12.0 Å². The van der Waals surface area contributed by atoms with Gasteiger partial charge in [0, 0.05) is 23.1 Å². The Morgan fingerprint density at radius 3 is 2.86 bits per heavy atom. The summed E-state index contributed by atoms with van der Waals surface area (Å²) in [5.41, 5.74) is -0.105. The van der Waals surface area contributed by atoms with Gasteiger partial charge in [0.15, 0.2) is 11.5 Å². The van der Waals surface area contributed by atoms with E-state index in [0.717, 1.165) is 30.6 Å². The second kappa shape index (κ2) is 5.04. The molecule has 1 saturated carbocycles. The number of amides is 1. The maximum Gasteiger partial charge on any atom is 0.408 e. The van der Waals surface area contributed by atoms with E-state index >= 15 is 0 Å². The minimum absolute atomic E-state index is 0.00619. The molecule has 0 aliphatic heterocycles. The number of hydrogen-bond donors (Lipinski definition) is 1. The van der Waals surface area contributed by atoms with Crippen LogP contribution in [0.15, 0.2) is 12.3 Å². The number of aromatic nitrogens is 4. The van der Waals surface area contributed by atoms with Crippen molar-refractivity contribution < 1.29 is 18.0 Å². The minimum Gasteiger partial charge on any atom is -0.295 e. The predicted molar refractivity (Wildman–Crippen MR) is 72.7 cm³/mol. The molecule has 0 bridgehead atoms. The maximum absolute atomic E-state index is 12.2. The molecule has 3 rings (SSSR count). The van der Waals surface area contributed by atoms with Crippen molar-refractivity contribution in [1.29, 1.82) is 0 Å². The van der Waals surface area contributed by atoms with E-state index in [1.807, 2.05) is 6.92 Å². The van der Waals surface area contributed by atoms with Gasteiger partial charge in [-0.3, -0.25) is 14.8 Å². The third kappa shape index (κ3) is 3.26. The second-order valence-corrected chi connectivity index (χ2v) is 6.20. The van der Waals surface area contributed by atoms with E-state index < -0.39 is 18.6 Å². The van der Waals surface area contributed by atoms with Crippen LogP contribution >= 0.6 is 11.5 Å². The molecule has 10 heteroatoms. The van der Waals surface area contributed by atoms with Gasteiger partial charge >= 0.3 is 6.18 Å². The zero-order valence-electron chi connectivity index (χ0n) is 11.5. The van der Waals surface area contributed by atoms with E-state index in [1.165, 1.54) is 6.07 Å². The van der Waals surface area contributed by atoms with E-state index in [1.54, 1.807) is 0 Å². The fourth-order valence-electron chi connectivity index (χ4n) is 1.85. The van der Waals surface area contributed by atoms with Crippen LogP contribution in [0.1, 0.15) is 36.1 Å². The molecule has 0 atom stereocenters. The molecule has 118 valence electrons. The molecule has 0 spiro atoms. The summed E-state index contributed by atoms with van der Waals surface area (Å²) in [5.74, 6) is 0.0833. The number of nitrogens with one attached hydrogen (secondary N) is 1. The van der Waals surface area contributed by atoms with E-state index in [4.69, 9.17) is 0 Å². The number of anilines is 1. The lowest BCUT2D eigenvalue weighted by molar-refractivity contribution is -0.142. The lowest BCUT2D eigenvalue weighted by Gasteiger charge is -2.05. The fourth-order valence-corrected chi connectivity index (χ4v) is 2.55. The molecule has 0 saturated heterocycles. The first-order chi connectivity index (χ1) is 10.3. The van der Waals surface area contributed by atoms with Crippen molar-refractivity contribution >= 4 is 22.6 Å². The summed E-state index contributed by atoms with van der Waals surface area (Å²) in [5, 5.41) is 6.42. The Hall–Kier alpha value is -1.97. The van der Waals surface area contributed by atoms with Crippen LogP contribution in [0.25, 0.3) is 0 Å². The molecule has 2 aromatic heterocycles. The van der Waals surface area contributed by atoms with E-state index in [9.17, 15) is 18.0 Å². The highest BCUT2D eigenvalue weighted by atomic mass is 32.1. The van der Waals surface area contributed by atoms with Crippen LogP contribution in [0.2, 0.25) is 0 Å². The van der Waals surface area contributed by atoms with E-state index in [0.29, 0.717) is 15.6 Å². The highest BCUT2D eigenvalue weighted by molar-refractivity contribution is 7.09. The first kappa shape index (κ1) is 14.9. The van der Waals surface area contributed by atoms with Crippen molar-refractivity contribution in [3.8, 4) is 0 Å². The van der Waals surface area contributed by atoms with Crippen molar-refractivity contribution in [3.63, 3.8) is 0 Å². The second-order valence-electron chi connectivity index (χ2n) is 5.45. The Bertz CT molecular complexity index is 704. The number of carbonyl (C=O) groups excluding carboxylic acids is 1. The number of hydrogen-bond acceptors (Lipinski definition) is 5. The first-order valence-electron chi connectivity index (χ1n) is 6.51. The van der Waals surface area contributed by atoms with Crippen molar-refractivity contribution in [3.05, 3.63) is 23.8 Å². The Morgan fingerprint density at radius 2 is 2.23 bits per heavy atom. The molecule has 1 aliphatic rings. The Balaban J connectivity index is 1.65. The molecule has 0 unspecified atom stereocenters. The van der Waals surface area contributed by atoms with Crippen LogP contribution in [0.4, 0.5) is 18.3 Å². The van der Waals surface area contributed by atoms with E-state index in [-0.39, 0.29) is 11.1 Å². The number of rotatable bonds is 4. The fraction of sp³-hybridized carbons (Fsp3) is 0.500. The summed E-state index contributed by atoms with van der Waals surface area (Å²) in [6.45, 7) is 0.807. The Morgan fingerprint density at radius 1 is 1.50 bits per heavy atom. The molecule has 0 radical (unpaired) electrons. The third-order valence-electron chi connectivity index (χ3n) is 3.40. The zero-order chi connectivity index (χ0) is 16.0. The van der Waals surface area contributed by atoms with E-state index in [2.05, 4.69) is 19.8 Å². The Labute approximate surface area is 127 Å². The average molecular weight is 331 g/mol. The van der Waals surface area contributed by atoms with Crippen molar-refractivity contribution in [2.24, 2.45) is 0 Å². The van der Waals surface area contributed by atoms with Crippen molar-refractivity contribution in [1.82, 2.24) is 19.1 Å². The van der Waals surface area contributed by atoms with Gasteiger partial charge in [-0.2, -0.15) is 22.6 Å². The monoisotopic (exact) mass is 331 g/mol. The number of carbonyl (C=O) groups is 1. The highest BCUT2D eigenvalue weighted by Crippen LogP contribution is 2.46. The molecular weight excluding hydrogens is 319 g/mol. The van der Waals surface area contributed by atoms with Crippen molar-refractivity contribution in [2.45, 2.75) is 37.9 Å². The predicted octanol–water partition coefficient (Wildman–Crippen LogP) is 2.60. The molecule has 1 amide bonds. The molecule has 6 nitrogen and oxygen atoms in total. The van der Waals surface area contributed by atoms with Gasteiger partial charge in [-0.15, -0.1) is 0 Å².